The monoisotopic (exact) mass is 241 g/mol. The van der Waals surface area contributed by atoms with Crippen molar-refractivity contribution in [2.45, 2.75) is 13.3 Å². The summed E-state index contributed by atoms with van der Waals surface area (Å²) >= 11 is 5.88. The molecule has 0 radical (unpaired) electrons. The van der Waals surface area contributed by atoms with Crippen molar-refractivity contribution < 1.29 is 0 Å². The summed E-state index contributed by atoms with van der Waals surface area (Å²) in [6, 6.07) is 5.75. The molecule has 0 aromatic carbocycles. The Kier molecular flexibility index (Phi) is 5.56. The van der Waals surface area contributed by atoms with E-state index in [0.717, 1.165) is 31.9 Å². The minimum atomic E-state index is 0.559. The average molecular weight is 242 g/mol. The third kappa shape index (κ3) is 4.37. The number of rotatable bonds is 6. The lowest BCUT2D eigenvalue weighted by Gasteiger charge is -2.22. The number of nitrogens with zero attached hydrogens (tertiary/aromatic N) is 3. The van der Waals surface area contributed by atoms with Gasteiger partial charge in [0.05, 0.1) is 0 Å². The fourth-order valence-electron chi connectivity index (χ4n) is 1.59. The number of pyridine rings is 1. The highest BCUT2D eigenvalue weighted by Crippen LogP contribution is 2.14. The van der Waals surface area contributed by atoms with Crippen molar-refractivity contribution in [3.63, 3.8) is 0 Å². The quantitative estimate of drug-likeness (QED) is 0.714. The number of anilines is 1. The van der Waals surface area contributed by atoms with Gasteiger partial charge in [0.15, 0.2) is 0 Å². The van der Waals surface area contributed by atoms with Gasteiger partial charge in [0, 0.05) is 13.1 Å². The fourth-order valence-corrected chi connectivity index (χ4v) is 1.75. The largest absolute Gasteiger partial charge is 0.357 e. The van der Waals surface area contributed by atoms with Gasteiger partial charge in [0.2, 0.25) is 0 Å². The number of hydrogen-bond acceptors (Lipinski definition) is 3. The molecule has 0 spiro atoms. The Hall–Kier alpha value is -0.800. The minimum absolute atomic E-state index is 0.559. The molecule has 4 heteroatoms. The average Bonchev–Trinajstić information content (AvgIpc) is 2.24. The van der Waals surface area contributed by atoms with Crippen LogP contribution in [-0.2, 0) is 0 Å². The Morgan fingerprint density at radius 1 is 1.25 bits per heavy atom. The van der Waals surface area contributed by atoms with Gasteiger partial charge >= 0.3 is 0 Å². The van der Waals surface area contributed by atoms with Crippen LogP contribution in [0.4, 0.5) is 5.82 Å². The van der Waals surface area contributed by atoms with Crippen molar-refractivity contribution in [2.75, 3.05) is 38.6 Å². The van der Waals surface area contributed by atoms with Gasteiger partial charge in [-0.25, -0.2) is 4.98 Å². The van der Waals surface area contributed by atoms with Gasteiger partial charge < -0.3 is 9.80 Å². The van der Waals surface area contributed by atoms with Gasteiger partial charge in [0.1, 0.15) is 11.0 Å². The predicted molar refractivity (Wildman–Crippen MR) is 70.3 cm³/mol. The third-order valence-electron chi connectivity index (χ3n) is 2.44. The van der Waals surface area contributed by atoms with E-state index in [4.69, 9.17) is 11.6 Å². The van der Waals surface area contributed by atoms with E-state index in [0.29, 0.717) is 5.15 Å². The minimum Gasteiger partial charge on any atom is -0.357 e. The molecule has 0 atom stereocenters. The van der Waals surface area contributed by atoms with E-state index in [-0.39, 0.29) is 0 Å². The second kappa shape index (κ2) is 6.71. The first-order valence-corrected chi connectivity index (χ1v) is 6.03. The van der Waals surface area contributed by atoms with E-state index in [1.807, 2.05) is 12.1 Å². The van der Waals surface area contributed by atoms with Gasteiger partial charge in [0.25, 0.3) is 0 Å². The molecule has 3 nitrogen and oxygen atoms in total. The first kappa shape index (κ1) is 13.3. The van der Waals surface area contributed by atoms with E-state index >= 15 is 0 Å². The Bertz CT molecular complexity index is 315. The molecule has 0 saturated carbocycles. The van der Waals surface area contributed by atoms with Crippen LogP contribution in [0.3, 0.4) is 0 Å². The topological polar surface area (TPSA) is 19.4 Å². The van der Waals surface area contributed by atoms with E-state index < -0.39 is 0 Å². The molecule has 0 N–H and O–H groups in total. The molecule has 0 saturated heterocycles. The van der Waals surface area contributed by atoms with Gasteiger partial charge in [-0.05, 0) is 46.1 Å². The lowest BCUT2D eigenvalue weighted by molar-refractivity contribution is 0.400. The summed E-state index contributed by atoms with van der Waals surface area (Å²) in [5, 5.41) is 0.559. The van der Waals surface area contributed by atoms with Crippen LogP contribution in [0, 0.1) is 0 Å². The fraction of sp³-hybridized carbons (Fsp3) is 0.583. The van der Waals surface area contributed by atoms with E-state index in [9.17, 15) is 0 Å². The molecule has 16 heavy (non-hydrogen) atoms. The highest BCUT2D eigenvalue weighted by atomic mass is 35.5. The zero-order valence-corrected chi connectivity index (χ0v) is 11.0. The highest BCUT2D eigenvalue weighted by Gasteiger charge is 2.05. The normalized spacial score (nSPS) is 10.8. The summed E-state index contributed by atoms with van der Waals surface area (Å²) in [5.74, 6) is 0.966. The SMILES string of the molecule is CCN(CCCN(C)C)c1cccc(Cl)n1. The lowest BCUT2D eigenvalue weighted by atomic mass is 10.3. The van der Waals surface area contributed by atoms with Crippen LogP contribution >= 0.6 is 11.6 Å². The number of aromatic nitrogens is 1. The zero-order chi connectivity index (χ0) is 12.0. The van der Waals surface area contributed by atoms with Gasteiger partial charge in [-0.1, -0.05) is 17.7 Å². The summed E-state index contributed by atoms with van der Waals surface area (Å²) in [5.41, 5.74) is 0. The van der Waals surface area contributed by atoms with Gasteiger partial charge in [-0.2, -0.15) is 0 Å². The molecule has 0 amide bonds. The molecule has 0 unspecified atom stereocenters. The summed E-state index contributed by atoms with van der Waals surface area (Å²) in [7, 11) is 4.18. The van der Waals surface area contributed by atoms with Crippen molar-refractivity contribution in [1.82, 2.24) is 9.88 Å². The smallest absolute Gasteiger partial charge is 0.131 e. The van der Waals surface area contributed by atoms with Crippen LogP contribution in [0.15, 0.2) is 18.2 Å². The Morgan fingerprint density at radius 3 is 2.56 bits per heavy atom. The van der Waals surface area contributed by atoms with Crippen LogP contribution < -0.4 is 4.90 Å². The second-order valence-corrected chi connectivity index (χ2v) is 4.44. The Labute approximate surface area is 103 Å². The molecule has 1 heterocycles. The van der Waals surface area contributed by atoms with Crippen molar-refractivity contribution in [2.24, 2.45) is 0 Å². The molecule has 0 fully saturated rings. The first-order chi connectivity index (χ1) is 7.63. The second-order valence-electron chi connectivity index (χ2n) is 4.06. The molecule has 0 aliphatic heterocycles. The van der Waals surface area contributed by atoms with E-state index in [1.54, 1.807) is 6.07 Å². The van der Waals surface area contributed by atoms with Gasteiger partial charge in [-0.3, -0.25) is 0 Å². The molecule has 0 aliphatic rings. The third-order valence-corrected chi connectivity index (χ3v) is 2.65. The maximum absolute atomic E-state index is 5.88. The van der Waals surface area contributed by atoms with E-state index in [1.165, 1.54) is 0 Å². The van der Waals surface area contributed by atoms with Crippen LogP contribution in [0.1, 0.15) is 13.3 Å². The molecule has 0 bridgehead atoms. The summed E-state index contributed by atoms with van der Waals surface area (Å²) in [6.45, 7) is 5.21. The van der Waals surface area contributed by atoms with Crippen molar-refractivity contribution in [3.05, 3.63) is 23.4 Å². The number of hydrogen-bond donors (Lipinski definition) is 0. The lowest BCUT2D eigenvalue weighted by Crippen LogP contribution is -2.27. The van der Waals surface area contributed by atoms with Crippen LogP contribution in [0.2, 0.25) is 5.15 Å². The summed E-state index contributed by atoms with van der Waals surface area (Å²) in [4.78, 5) is 8.76. The summed E-state index contributed by atoms with van der Waals surface area (Å²) in [6.07, 6.45) is 1.13. The van der Waals surface area contributed by atoms with Crippen molar-refractivity contribution in [3.8, 4) is 0 Å². The van der Waals surface area contributed by atoms with Crippen LogP contribution in [0.25, 0.3) is 0 Å². The highest BCUT2D eigenvalue weighted by molar-refractivity contribution is 6.29. The van der Waals surface area contributed by atoms with Crippen molar-refractivity contribution in [1.29, 1.82) is 0 Å². The molecule has 1 aromatic rings. The standard InChI is InChI=1S/C12H20ClN3/c1-4-16(10-6-9-15(2)3)12-8-5-7-11(13)14-12/h5,7-8H,4,6,9-10H2,1-3H3. The molecule has 1 aromatic heterocycles. The summed E-state index contributed by atoms with van der Waals surface area (Å²) < 4.78 is 0. The molecular formula is C12H20ClN3. The van der Waals surface area contributed by atoms with Crippen LogP contribution in [0.5, 0.6) is 0 Å². The Balaban J connectivity index is 2.53. The molecule has 90 valence electrons. The molecular weight excluding hydrogens is 222 g/mol. The Morgan fingerprint density at radius 2 is 2.00 bits per heavy atom. The predicted octanol–water partition coefficient (Wildman–Crippen LogP) is 2.51. The number of halogens is 1. The zero-order valence-electron chi connectivity index (χ0n) is 10.3. The van der Waals surface area contributed by atoms with E-state index in [2.05, 4.69) is 35.8 Å². The first-order valence-electron chi connectivity index (χ1n) is 5.65. The van der Waals surface area contributed by atoms with Crippen molar-refractivity contribution >= 4 is 17.4 Å². The van der Waals surface area contributed by atoms with Crippen LogP contribution in [-0.4, -0.2) is 43.6 Å². The maximum atomic E-state index is 5.88. The van der Waals surface area contributed by atoms with Gasteiger partial charge in [-0.15, -0.1) is 0 Å². The molecule has 1 rings (SSSR count). The maximum Gasteiger partial charge on any atom is 0.131 e. The molecule has 0 aliphatic carbocycles.